The molecule has 3 N–H and O–H groups in total. The van der Waals surface area contributed by atoms with Gasteiger partial charge in [0.05, 0.1) is 7.11 Å². The minimum Gasteiger partial charge on any atom is -0.467 e. The van der Waals surface area contributed by atoms with Crippen molar-refractivity contribution in [3.05, 3.63) is 36.0 Å². The van der Waals surface area contributed by atoms with Gasteiger partial charge in [0.1, 0.15) is 17.7 Å². The van der Waals surface area contributed by atoms with E-state index in [1.165, 1.54) is 14.0 Å². The minimum atomic E-state index is -0.889. The maximum absolute atomic E-state index is 12.5. The molecule has 2 aromatic rings. The summed E-state index contributed by atoms with van der Waals surface area (Å²) in [7, 11) is 1.26. The Morgan fingerprint density at radius 3 is 2.46 bits per heavy atom. The van der Waals surface area contributed by atoms with Gasteiger partial charge in [-0.05, 0) is 39.3 Å². The Morgan fingerprint density at radius 2 is 1.82 bits per heavy atom. The van der Waals surface area contributed by atoms with E-state index in [4.69, 9.17) is 9.47 Å². The Bertz CT molecular complexity index is 853. The predicted molar refractivity (Wildman–Crippen MR) is 105 cm³/mol. The number of hydrogen-bond donors (Lipinski definition) is 3. The number of methoxy groups -OCH3 is 1. The molecule has 8 nitrogen and oxygen atoms in total. The third kappa shape index (κ3) is 5.73. The second-order valence-corrected chi connectivity index (χ2v) is 7.52. The Morgan fingerprint density at radius 1 is 1.14 bits per heavy atom. The fraction of sp³-hybridized carbons (Fsp3) is 0.450. The zero-order chi connectivity index (χ0) is 20.9. The maximum Gasteiger partial charge on any atom is 0.408 e. The summed E-state index contributed by atoms with van der Waals surface area (Å²) in [4.78, 5) is 39.6. The van der Waals surface area contributed by atoms with Gasteiger partial charge in [-0.1, -0.05) is 18.2 Å². The van der Waals surface area contributed by atoms with Crippen molar-refractivity contribution in [3.63, 3.8) is 0 Å². The van der Waals surface area contributed by atoms with Crippen LogP contribution in [-0.4, -0.2) is 47.7 Å². The van der Waals surface area contributed by atoms with Crippen molar-refractivity contribution < 1.29 is 23.9 Å². The number of ether oxygens (including phenoxy) is 2. The highest BCUT2D eigenvalue weighted by Gasteiger charge is 2.27. The summed E-state index contributed by atoms with van der Waals surface area (Å²) in [5.41, 5.74) is 1.14. The van der Waals surface area contributed by atoms with Gasteiger partial charge in [0.15, 0.2) is 0 Å². The number of H-pyrrole nitrogens is 1. The second-order valence-electron chi connectivity index (χ2n) is 7.52. The van der Waals surface area contributed by atoms with Crippen LogP contribution in [0.3, 0.4) is 0 Å². The van der Waals surface area contributed by atoms with Crippen molar-refractivity contribution >= 4 is 28.9 Å². The smallest absolute Gasteiger partial charge is 0.408 e. The fourth-order valence-corrected chi connectivity index (χ4v) is 2.70. The van der Waals surface area contributed by atoms with Crippen LogP contribution in [0.1, 0.15) is 33.3 Å². The number of esters is 1. The molecule has 0 aliphatic heterocycles. The minimum absolute atomic E-state index is 0.252. The maximum atomic E-state index is 12.5. The topological polar surface area (TPSA) is 110 Å². The highest BCUT2D eigenvalue weighted by molar-refractivity contribution is 5.90. The third-order valence-corrected chi connectivity index (χ3v) is 4.03. The number of carbonyl (C=O) groups is 3. The molecule has 1 aromatic carbocycles. The van der Waals surface area contributed by atoms with Gasteiger partial charge in [-0.25, -0.2) is 9.59 Å². The summed E-state index contributed by atoms with van der Waals surface area (Å²) in [5, 5.41) is 6.06. The van der Waals surface area contributed by atoms with E-state index in [9.17, 15) is 14.4 Å². The zero-order valence-electron chi connectivity index (χ0n) is 16.8. The van der Waals surface area contributed by atoms with E-state index in [0.29, 0.717) is 0 Å². The predicted octanol–water partition coefficient (Wildman–Crippen LogP) is 2.28. The molecule has 2 amide bonds. The number of amides is 2. The lowest BCUT2D eigenvalue weighted by Gasteiger charge is -2.23. The molecule has 0 aliphatic carbocycles. The largest absolute Gasteiger partial charge is 0.467 e. The molecule has 0 radical (unpaired) electrons. The number of fused-ring (bicyclic) bond motifs is 1. The highest BCUT2D eigenvalue weighted by atomic mass is 16.6. The van der Waals surface area contributed by atoms with Crippen molar-refractivity contribution in [2.24, 2.45) is 0 Å². The standard InChI is InChI=1S/C20H27N3O5/c1-12(22-19(26)28-20(2,3)4)17(24)23-16(18(25)27-5)10-13-11-21-15-9-7-6-8-14(13)15/h6-9,11-12,16,21H,10H2,1-5H3,(H,22,26)(H,23,24)/t12?,16-/m1/s1. The molecule has 2 rings (SSSR count). The molecule has 28 heavy (non-hydrogen) atoms. The van der Waals surface area contributed by atoms with Crippen LogP contribution >= 0.6 is 0 Å². The first kappa shape index (κ1) is 21.3. The molecule has 0 fully saturated rings. The van der Waals surface area contributed by atoms with Crippen LogP contribution in [0.25, 0.3) is 10.9 Å². The molecule has 0 saturated heterocycles. The third-order valence-electron chi connectivity index (χ3n) is 4.03. The van der Waals surface area contributed by atoms with Gasteiger partial charge in [0, 0.05) is 23.5 Å². The van der Waals surface area contributed by atoms with Gasteiger partial charge in [0.25, 0.3) is 0 Å². The van der Waals surface area contributed by atoms with Crippen LogP contribution in [0, 0.1) is 0 Å². The number of hydrogen-bond acceptors (Lipinski definition) is 5. The first-order chi connectivity index (χ1) is 13.1. The van der Waals surface area contributed by atoms with Gasteiger partial charge in [-0.2, -0.15) is 0 Å². The summed E-state index contributed by atoms with van der Waals surface area (Å²) in [6, 6.07) is 5.90. The van der Waals surface area contributed by atoms with Crippen LogP contribution in [0.5, 0.6) is 0 Å². The zero-order valence-corrected chi connectivity index (χ0v) is 16.8. The number of aromatic nitrogens is 1. The monoisotopic (exact) mass is 389 g/mol. The SMILES string of the molecule is COC(=O)[C@@H](Cc1c[nH]c2ccccc12)NC(=O)C(C)NC(=O)OC(C)(C)C. The fourth-order valence-electron chi connectivity index (χ4n) is 2.70. The first-order valence-electron chi connectivity index (χ1n) is 9.03. The number of para-hydroxylation sites is 1. The number of aromatic amines is 1. The Kier molecular flexibility index (Phi) is 6.66. The summed E-state index contributed by atoms with van der Waals surface area (Å²) >= 11 is 0. The second kappa shape index (κ2) is 8.77. The van der Waals surface area contributed by atoms with Crippen LogP contribution in [0.2, 0.25) is 0 Å². The van der Waals surface area contributed by atoms with Gasteiger partial charge in [0.2, 0.25) is 5.91 Å². The van der Waals surface area contributed by atoms with Gasteiger partial charge < -0.3 is 25.1 Å². The van der Waals surface area contributed by atoms with Crippen LogP contribution in [-0.2, 0) is 25.5 Å². The van der Waals surface area contributed by atoms with Gasteiger partial charge in [-0.3, -0.25) is 4.79 Å². The molecule has 2 atom stereocenters. The van der Waals surface area contributed by atoms with E-state index < -0.39 is 35.7 Å². The van der Waals surface area contributed by atoms with Gasteiger partial charge in [-0.15, -0.1) is 0 Å². The Labute approximate surface area is 164 Å². The molecular weight excluding hydrogens is 362 g/mol. The van der Waals surface area contributed by atoms with E-state index in [1.54, 1.807) is 27.0 Å². The lowest BCUT2D eigenvalue weighted by molar-refractivity contribution is -0.145. The molecule has 0 bridgehead atoms. The lowest BCUT2D eigenvalue weighted by Crippen LogP contribution is -2.51. The number of nitrogens with one attached hydrogen (secondary N) is 3. The molecule has 1 unspecified atom stereocenters. The van der Waals surface area contributed by atoms with E-state index in [1.807, 2.05) is 24.3 Å². The average molecular weight is 389 g/mol. The molecule has 1 heterocycles. The number of benzene rings is 1. The molecule has 152 valence electrons. The molecule has 0 saturated carbocycles. The van der Waals surface area contributed by atoms with E-state index in [0.717, 1.165) is 16.5 Å². The first-order valence-corrected chi connectivity index (χ1v) is 9.03. The van der Waals surface area contributed by atoms with E-state index in [-0.39, 0.29) is 6.42 Å². The normalized spacial score (nSPS) is 13.5. The lowest BCUT2D eigenvalue weighted by atomic mass is 10.0. The highest BCUT2D eigenvalue weighted by Crippen LogP contribution is 2.19. The quantitative estimate of drug-likeness (QED) is 0.657. The van der Waals surface area contributed by atoms with Crippen molar-refractivity contribution in [1.29, 1.82) is 0 Å². The molecule has 0 aliphatic rings. The summed E-state index contributed by atoms with van der Waals surface area (Å²) in [6.45, 7) is 6.70. The van der Waals surface area contributed by atoms with Crippen molar-refractivity contribution in [1.82, 2.24) is 15.6 Å². The summed E-state index contributed by atoms with van der Waals surface area (Å²) < 4.78 is 9.96. The van der Waals surface area contributed by atoms with Crippen molar-refractivity contribution in [2.45, 2.75) is 51.8 Å². The number of carbonyl (C=O) groups excluding carboxylic acids is 3. The summed E-state index contributed by atoms with van der Waals surface area (Å²) in [6.07, 6.45) is 1.35. The van der Waals surface area contributed by atoms with Crippen LogP contribution in [0.4, 0.5) is 4.79 Å². The number of rotatable bonds is 6. The molecule has 0 spiro atoms. The van der Waals surface area contributed by atoms with Crippen LogP contribution < -0.4 is 10.6 Å². The number of alkyl carbamates (subject to hydrolysis) is 1. The van der Waals surface area contributed by atoms with E-state index in [2.05, 4.69) is 15.6 Å². The van der Waals surface area contributed by atoms with Gasteiger partial charge >= 0.3 is 12.1 Å². The molecule has 8 heteroatoms. The van der Waals surface area contributed by atoms with Crippen molar-refractivity contribution in [3.8, 4) is 0 Å². The molecule has 1 aromatic heterocycles. The Balaban J connectivity index is 2.06. The van der Waals surface area contributed by atoms with E-state index >= 15 is 0 Å². The van der Waals surface area contributed by atoms with Crippen LogP contribution in [0.15, 0.2) is 30.5 Å². The average Bonchev–Trinajstić information content (AvgIpc) is 3.01. The van der Waals surface area contributed by atoms with Crippen molar-refractivity contribution in [2.75, 3.05) is 7.11 Å². The Hall–Kier alpha value is -3.03. The summed E-state index contributed by atoms with van der Waals surface area (Å²) in [5.74, 6) is -1.08. The molecular formula is C20H27N3O5.